The topological polar surface area (TPSA) is 74.3 Å². The van der Waals surface area contributed by atoms with Crippen LogP contribution in [-0.4, -0.2) is 48.4 Å². The Labute approximate surface area is 122 Å². The minimum Gasteiger partial charge on any atom is -0.388 e. The van der Waals surface area contributed by atoms with E-state index >= 15 is 0 Å². The number of para-hydroxylation sites is 1. The Morgan fingerprint density at radius 2 is 2.19 bits per heavy atom. The number of pyridine rings is 1. The molecular formula is C15H16N4O2. The SMILES string of the molecule is CNc1cc(C(=O)N2CCNC(=O)C2)nc2ccccc12. The van der Waals surface area contributed by atoms with Crippen LogP contribution < -0.4 is 10.6 Å². The van der Waals surface area contributed by atoms with Gasteiger partial charge in [0.05, 0.1) is 12.1 Å². The molecule has 0 atom stereocenters. The van der Waals surface area contributed by atoms with Crippen molar-refractivity contribution in [2.45, 2.75) is 0 Å². The molecule has 0 bridgehead atoms. The lowest BCUT2D eigenvalue weighted by Gasteiger charge is -2.26. The number of hydrogen-bond donors (Lipinski definition) is 2. The Hall–Kier alpha value is -2.63. The summed E-state index contributed by atoms with van der Waals surface area (Å²) in [6.07, 6.45) is 0. The number of carbonyl (C=O) groups excluding carboxylic acids is 2. The molecule has 0 unspecified atom stereocenters. The number of piperazine rings is 1. The van der Waals surface area contributed by atoms with Gasteiger partial charge >= 0.3 is 0 Å². The lowest BCUT2D eigenvalue weighted by atomic mass is 10.1. The summed E-state index contributed by atoms with van der Waals surface area (Å²) in [5, 5.41) is 6.76. The van der Waals surface area contributed by atoms with Crippen LogP contribution in [0, 0.1) is 0 Å². The van der Waals surface area contributed by atoms with Crippen LogP contribution in [0.25, 0.3) is 10.9 Å². The number of carbonyl (C=O) groups is 2. The maximum atomic E-state index is 12.5. The van der Waals surface area contributed by atoms with E-state index < -0.39 is 0 Å². The standard InChI is InChI=1S/C15H16N4O2/c1-16-12-8-13(18-11-5-3-2-4-10(11)12)15(21)19-7-6-17-14(20)9-19/h2-5,8H,6-7,9H2,1H3,(H,16,18)(H,17,20). The average molecular weight is 284 g/mol. The van der Waals surface area contributed by atoms with Gasteiger partial charge in [-0.25, -0.2) is 4.98 Å². The Balaban J connectivity index is 1.99. The van der Waals surface area contributed by atoms with Crippen LogP contribution in [0.5, 0.6) is 0 Å². The lowest BCUT2D eigenvalue weighted by molar-refractivity contribution is -0.123. The van der Waals surface area contributed by atoms with Crippen LogP contribution in [0.1, 0.15) is 10.5 Å². The van der Waals surface area contributed by atoms with E-state index in [9.17, 15) is 9.59 Å². The fraction of sp³-hybridized carbons (Fsp3) is 0.267. The molecule has 1 aromatic carbocycles. The zero-order valence-electron chi connectivity index (χ0n) is 11.7. The second kappa shape index (κ2) is 5.40. The third-order valence-electron chi connectivity index (χ3n) is 3.53. The van der Waals surface area contributed by atoms with Gasteiger partial charge in [-0.05, 0) is 12.1 Å². The maximum Gasteiger partial charge on any atom is 0.273 e. The van der Waals surface area contributed by atoms with Gasteiger partial charge in [0, 0.05) is 31.2 Å². The van der Waals surface area contributed by atoms with Crippen molar-refractivity contribution in [2.24, 2.45) is 0 Å². The predicted octanol–water partition coefficient (Wildman–Crippen LogP) is 0.848. The van der Waals surface area contributed by atoms with Crippen LogP contribution in [0.3, 0.4) is 0 Å². The molecule has 2 aromatic rings. The van der Waals surface area contributed by atoms with Gasteiger partial charge in [0.25, 0.3) is 5.91 Å². The molecule has 0 radical (unpaired) electrons. The molecule has 1 aliphatic heterocycles. The second-order valence-corrected chi connectivity index (χ2v) is 4.90. The highest BCUT2D eigenvalue weighted by Crippen LogP contribution is 2.23. The van der Waals surface area contributed by atoms with E-state index in [1.807, 2.05) is 31.3 Å². The zero-order chi connectivity index (χ0) is 14.8. The van der Waals surface area contributed by atoms with Crippen molar-refractivity contribution in [3.63, 3.8) is 0 Å². The molecule has 6 heteroatoms. The number of nitrogens with one attached hydrogen (secondary N) is 2. The molecule has 1 aliphatic rings. The van der Waals surface area contributed by atoms with Gasteiger partial charge in [-0.3, -0.25) is 9.59 Å². The van der Waals surface area contributed by atoms with E-state index in [1.54, 1.807) is 6.07 Å². The summed E-state index contributed by atoms with van der Waals surface area (Å²) >= 11 is 0. The number of aromatic nitrogens is 1. The number of benzene rings is 1. The van der Waals surface area contributed by atoms with E-state index in [1.165, 1.54) is 4.90 Å². The molecule has 0 aliphatic carbocycles. The maximum absolute atomic E-state index is 12.5. The smallest absolute Gasteiger partial charge is 0.273 e. The summed E-state index contributed by atoms with van der Waals surface area (Å²) in [5.41, 5.74) is 1.97. The first-order chi connectivity index (χ1) is 10.2. The molecule has 1 saturated heterocycles. The quantitative estimate of drug-likeness (QED) is 0.857. The number of amides is 2. The first-order valence-electron chi connectivity index (χ1n) is 6.82. The van der Waals surface area contributed by atoms with Crippen LogP contribution in [0.2, 0.25) is 0 Å². The minimum atomic E-state index is -0.216. The predicted molar refractivity (Wildman–Crippen MR) is 80.2 cm³/mol. The second-order valence-electron chi connectivity index (χ2n) is 4.90. The molecule has 6 nitrogen and oxygen atoms in total. The largest absolute Gasteiger partial charge is 0.388 e. The Morgan fingerprint density at radius 3 is 2.95 bits per heavy atom. The molecule has 0 spiro atoms. The molecule has 2 N–H and O–H groups in total. The molecule has 108 valence electrons. The molecule has 1 fully saturated rings. The van der Waals surface area contributed by atoms with Crippen molar-refractivity contribution >= 4 is 28.4 Å². The van der Waals surface area contributed by atoms with E-state index in [4.69, 9.17) is 0 Å². The fourth-order valence-electron chi connectivity index (χ4n) is 2.47. The van der Waals surface area contributed by atoms with Crippen LogP contribution in [-0.2, 0) is 4.79 Å². The third-order valence-corrected chi connectivity index (χ3v) is 3.53. The van der Waals surface area contributed by atoms with Crippen molar-refractivity contribution in [1.82, 2.24) is 15.2 Å². The van der Waals surface area contributed by atoms with Crippen molar-refractivity contribution in [1.29, 1.82) is 0 Å². The molecular weight excluding hydrogens is 268 g/mol. The Bertz CT molecular complexity index is 714. The number of fused-ring (bicyclic) bond motifs is 1. The Morgan fingerprint density at radius 1 is 1.38 bits per heavy atom. The van der Waals surface area contributed by atoms with E-state index in [0.717, 1.165) is 16.6 Å². The van der Waals surface area contributed by atoms with E-state index in [2.05, 4.69) is 15.6 Å². The molecule has 1 aromatic heterocycles. The van der Waals surface area contributed by atoms with Gasteiger partial charge in [0.1, 0.15) is 5.69 Å². The summed E-state index contributed by atoms with van der Waals surface area (Å²) in [4.78, 5) is 29.9. The normalized spacial score (nSPS) is 14.9. The summed E-state index contributed by atoms with van der Waals surface area (Å²) < 4.78 is 0. The molecule has 21 heavy (non-hydrogen) atoms. The number of anilines is 1. The van der Waals surface area contributed by atoms with Gasteiger partial charge in [-0.2, -0.15) is 0 Å². The van der Waals surface area contributed by atoms with Gasteiger partial charge in [0.15, 0.2) is 0 Å². The molecule has 0 saturated carbocycles. The van der Waals surface area contributed by atoms with Crippen molar-refractivity contribution in [3.05, 3.63) is 36.0 Å². The van der Waals surface area contributed by atoms with Crippen molar-refractivity contribution in [2.75, 3.05) is 32.0 Å². The summed E-state index contributed by atoms with van der Waals surface area (Å²) in [6, 6.07) is 9.38. The zero-order valence-corrected chi connectivity index (χ0v) is 11.7. The lowest BCUT2D eigenvalue weighted by Crippen LogP contribution is -2.50. The van der Waals surface area contributed by atoms with Crippen LogP contribution in [0.15, 0.2) is 30.3 Å². The van der Waals surface area contributed by atoms with E-state index in [-0.39, 0.29) is 18.4 Å². The van der Waals surface area contributed by atoms with Crippen molar-refractivity contribution < 1.29 is 9.59 Å². The summed E-state index contributed by atoms with van der Waals surface area (Å²) in [5.74, 6) is -0.351. The first kappa shape index (κ1) is 13.4. The average Bonchev–Trinajstić information content (AvgIpc) is 2.53. The first-order valence-corrected chi connectivity index (χ1v) is 6.82. The summed E-state index contributed by atoms with van der Waals surface area (Å²) in [7, 11) is 1.81. The van der Waals surface area contributed by atoms with Crippen LogP contribution in [0.4, 0.5) is 5.69 Å². The van der Waals surface area contributed by atoms with E-state index in [0.29, 0.717) is 18.8 Å². The minimum absolute atomic E-state index is 0.0855. The van der Waals surface area contributed by atoms with Gasteiger partial charge in [-0.1, -0.05) is 18.2 Å². The highest BCUT2D eigenvalue weighted by Gasteiger charge is 2.23. The molecule has 2 amide bonds. The van der Waals surface area contributed by atoms with Gasteiger partial charge in [-0.15, -0.1) is 0 Å². The highest BCUT2D eigenvalue weighted by molar-refractivity contribution is 6.01. The van der Waals surface area contributed by atoms with Gasteiger partial charge in [0.2, 0.25) is 5.91 Å². The summed E-state index contributed by atoms with van der Waals surface area (Å²) in [6.45, 7) is 1.08. The number of hydrogen-bond acceptors (Lipinski definition) is 4. The number of rotatable bonds is 2. The van der Waals surface area contributed by atoms with Crippen LogP contribution >= 0.6 is 0 Å². The number of nitrogens with zero attached hydrogens (tertiary/aromatic N) is 2. The van der Waals surface area contributed by atoms with Crippen molar-refractivity contribution in [3.8, 4) is 0 Å². The monoisotopic (exact) mass is 284 g/mol. The van der Waals surface area contributed by atoms with Gasteiger partial charge < -0.3 is 15.5 Å². The molecule has 3 rings (SSSR count). The third kappa shape index (κ3) is 2.52. The molecule has 2 heterocycles. The fourth-order valence-corrected chi connectivity index (χ4v) is 2.47. The highest BCUT2D eigenvalue weighted by atomic mass is 16.2. The Kier molecular flexibility index (Phi) is 3.43.